The molecule has 1 rings (SSSR count). The summed E-state index contributed by atoms with van der Waals surface area (Å²) >= 11 is 0. The lowest BCUT2D eigenvalue weighted by Gasteiger charge is -2.05. The predicted molar refractivity (Wildman–Crippen MR) is 55.8 cm³/mol. The standard InChI is InChI=1S/C11H15NO2/c1-10(9-12(13)14)7-8-11-5-3-2-4-6-11/h2-6,10H,7-9H2,1H3. The zero-order valence-corrected chi connectivity index (χ0v) is 8.35. The van der Waals surface area contributed by atoms with Crippen LogP contribution in [0, 0.1) is 16.0 Å². The molecule has 0 radical (unpaired) electrons. The maximum absolute atomic E-state index is 10.2. The van der Waals surface area contributed by atoms with Gasteiger partial charge in [0.15, 0.2) is 0 Å². The Morgan fingerprint density at radius 1 is 1.36 bits per heavy atom. The van der Waals surface area contributed by atoms with Crippen LogP contribution < -0.4 is 0 Å². The van der Waals surface area contributed by atoms with Crippen molar-refractivity contribution in [2.75, 3.05) is 6.54 Å². The van der Waals surface area contributed by atoms with Crippen LogP contribution in [0.15, 0.2) is 30.3 Å². The van der Waals surface area contributed by atoms with E-state index in [1.165, 1.54) is 5.56 Å². The van der Waals surface area contributed by atoms with Crippen molar-refractivity contribution in [2.45, 2.75) is 19.8 Å². The SMILES string of the molecule is CC(CCc1ccccc1)C[N+](=O)[O-]. The summed E-state index contributed by atoms with van der Waals surface area (Å²) in [7, 11) is 0. The third-order valence-electron chi connectivity index (χ3n) is 2.23. The monoisotopic (exact) mass is 193 g/mol. The summed E-state index contributed by atoms with van der Waals surface area (Å²) in [5.74, 6) is 0.158. The fourth-order valence-electron chi connectivity index (χ4n) is 1.40. The molecule has 0 aliphatic rings. The van der Waals surface area contributed by atoms with Crippen LogP contribution >= 0.6 is 0 Å². The normalized spacial score (nSPS) is 12.4. The van der Waals surface area contributed by atoms with E-state index in [-0.39, 0.29) is 17.4 Å². The average Bonchev–Trinajstić information content (AvgIpc) is 2.15. The minimum absolute atomic E-state index is 0.0762. The molecule has 14 heavy (non-hydrogen) atoms. The van der Waals surface area contributed by atoms with Gasteiger partial charge in [0.1, 0.15) is 0 Å². The van der Waals surface area contributed by atoms with Gasteiger partial charge in [-0.3, -0.25) is 10.1 Å². The van der Waals surface area contributed by atoms with Crippen molar-refractivity contribution in [3.8, 4) is 0 Å². The first-order valence-electron chi connectivity index (χ1n) is 4.84. The number of hydrogen-bond acceptors (Lipinski definition) is 2. The van der Waals surface area contributed by atoms with Crippen molar-refractivity contribution in [2.24, 2.45) is 5.92 Å². The van der Waals surface area contributed by atoms with Gasteiger partial charge in [0.05, 0.1) is 0 Å². The zero-order chi connectivity index (χ0) is 10.4. The van der Waals surface area contributed by atoms with Crippen LogP contribution in [-0.2, 0) is 6.42 Å². The highest BCUT2D eigenvalue weighted by Gasteiger charge is 2.08. The quantitative estimate of drug-likeness (QED) is 0.532. The molecule has 0 saturated heterocycles. The fourth-order valence-corrected chi connectivity index (χ4v) is 1.40. The van der Waals surface area contributed by atoms with Gasteiger partial charge < -0.3 is 0 Å². The first-order chi connectivity index (χ1) is 6.68. The van der Waals surface area contributed by atoms with E-state index >= 15 is 0 Å². The Hall–Kier alpha value is -1.38. The molecule has 1 aromatic carbocycles. The Kier molecular flexibility index (Phi) is 4.11. The van der Waals surface area contributed by atoms with E-state index in [0.29, 0.717) is 0 Å². The van der Waals surface area contributed by atoms with Crippen molar-refractivity contribution < 1.29 is 4.92 Å². The summed E-state index contributed by atoms with van der Waals surface area (Å²) in [6.45, 7) is 2.00. The number of rotatable bonds is 5. The van der Waals surface area contributed by atoms with E-state index in [1.54, 1.807) is 0 Å². The summed E-state index contributed by atoms with van der Waals surface area (Å²) in [6, 6.07) is 10.1. The van der Waals surface area contributed by atoms with Gasteiger partial charge in [-0.05, 0) is 18.4 Å². The Morgan fingerprint density at radius 3 is 2.57 bits per heavy atom. The van der Waals surface area contributed by atoms with Crippen molar-refractivity contribution in [1.82, 2.24) is 0 Å². The molecule has 0 aliphatic heterocycles. The third-order valence-corrected chi connectivity index (χ3v) is 2.23. The lowest BCUT2D eigenvalue weighted by molar-refractivity contribution is -0.487. The summed E-state index contributed by atoms with van der Waals surface area (Å²) in [5, 5.41) is 10.2. The van der Waals surface area contributed by atoms with Crippen LogP contribution in [0.5, 0.6) is 0 Å². The summed E-state index contributed by atoms with van der Waals surface area (Å²) in [6.07, 6.45) is 1.81. The minimum Gasteiger partial charge on any atom is -0.265 e. The van der Waals surface area contributed by atoms with Gasteiger partial charge in [0.2, 0.25) is 6.54 Å². The van der Waals surface area contributed by atoms with Gasteiger partial charge in [-0.25, -0.2) is 0 Å². The van der Waals surface area contributed by atoms with Crippen LogP contribution in [0.25, 0.3) is 0 Å². The van der Waals surface area contributed by atoms with E-state index in [1.807, 2.05) is 25.1 Å². The molecule has 0 amide bonds. The Morgan fingerprint density at radius 2 is 2.00 bits per heavy atom. The molecule has 76 valence electrons. The maximum atomic E-state index is 10.2. The second-order valence-electron chi connectivity index (χ2n) is 3.64. The van der Waals surface area contributed by atoms with E-state index in [4.69, 9.17) is 0 Å². The molecule has 0 spiro atoms. The number of nitro groups is 1. The van der Waals surface area contributed by atoms with Gasteiger partial charge in [-0.2, -0.15) is 0 Å². The number of benzene rings is 1. The van der Waals surface area contributed by atoms with Crippen LogP contribution in [0.4, 0.5) is 0 Å². The number of aryl methyl sites for hydroxylation is 1. The number of hydrogen-bond donors (Lipinski definition) is 0. The van der Waals surface area contributed by atoms with Gasteiger partial charge in [-0.15, -0.1) is 0 Å². The first kappa shape index (κ1) is 10.7. The lowest BCUT2D eigenvalue weighted by atomic mass is 10.0. The second-order valence-corrected chi connectivity index (χ2v) is 3.64. The van der Waals surface area contributed by atoms with Crippen LogP contribution in [0.3, 0.4) is 0 Å². The average molecular weight is 193 g/mol. The van der Waals surface area contributed by atoms with Gasteiger partial charge in [0, 0.05) is 10.8 Å². The smallest absolute Gasteiger partial charge is 0.206 e. The van der Waals surface area contributed by atoms with Gasteiger partial charge >= 0.3 is 0 Å². The maximum Gasteiger partial charge on any atom is 0.206 e. The van der Waals surface area contributed by atoms with Crippen LogP contribution in [0.1, 0.15) is 18.9 Å². The van der Waals surface area contributed by atoms with Gasteiger partial charge in [-0.1, -0.05) is 37.3 Å². The Labute approximate surface area is 83.9 Å². The van der Waals surface area contributed by atoms with Gasteiger partial charge in [0.25, 0.3) is 0 Å². The van der Waals surface area contributed by atoms with Crippen LogP contribution in [-0.4, -0.2) is 11.5 Å². The molecule has 0 saturated carbocycles. The molecule has 3 nitrogen and oxygen atoms in total. The highest BCUT2D eigenvalue weighted by atomic mass is 16.6. The molecule has 0 fully saturated rings. The molecule has 0 heterocycles. The van der Waals surface area contributed by atoms with Crippen molar-refractivity contribution in [1.29, 1.82) is 0 Å². The summed E-state index contributed by atoms with van der Waals surface area (Å²) < 4.78 is 0. The minimum atomic E-state index is -0.240. The highest BCUT2D eigenvalue weighted by Crippen LogP contribution is 2.09. The van der Waals surface area contributed by atoms with E-state index in [0.717, 1.165) is 12.8 Å². The van der Waals surface area contributed by atoms with E-state index < -0.39 is 0 Å². The second kappa shape index (κ2) is 5.37. The van der Waals surface area contributed by atoms with Crippen molar-refractivity contribution >= 4 is 0 Å². The zero-order valence-electron chi connectivity index (χ0n) is 8.35. The summed E-state index contributed by atoms with van der Waals surface area (Å²) in [5.41, 5.74) is 1.25. The van der Waals surface area contributed by atoms with Crippen molar-refractivity contribution in [3.63, 3.8) is 0 Å². The molecular formula is C11H15NO2. The molecule has 1 atom stereocenters. The molecule has 1 aromatic rings. The molecular weight excluding hydrogens is 178 g/mol. The predicted octanol–water partition coefficient (Wildman–Crippen LogP) is 2.53. The number of nitrogens with zero attached hydrogens (tertiary/aromatic N) is 1. The first-order valence-corrected chi connectivity index (χ1v) is 4.84. The lowest BCUT2D eigenvalue weighted by Crippen LogP contribution is -2.11. The highest BCUT2D eigenvalue weighted by molar-refractivity contribution is 5.14. The molecule has 0 aliphatic carbocycles. The van der Waals surface area contributed by atoms with Crippen molar-refractivity contribution in [3.05, 3.63) is 46.0 Å². The Bertz CT molecular complexity index is 285. The topological polar surface area (TPSA) is 43.1 Å². The molecule has 0 bridgehead atoms. The fraction of sp³-hybridized carbons (Fsp3) is 0.455. The molecule has 0 aromatic heterocycles. The molecule has 0 N–H and O–H groups in total. The largest absolute Gasteiger partial charge is 0.265 e. The van der Waals surface area contributed by atoms with E-state index in [2.05, 4.69) is 12.1 Å². The van der Waals surface area contributed by atoms with E-state index in [9.17, 15) is 10.1 Å². The summed E-state index contributed by atoms with van der Waals surface area (Å²) in [4.78, 5) is 9.99. The third kappa shape index (κ3) is 4.03. The Balaban J connectivity index is 2.30. The van der Waals surface area contributed by atoms with Crippen LogP contribution in [0.2, 0.25) is 0 Å². The molecule has 1 unspecified atom stereocenters. The molecule has 3 heteroatoms.